The van der Waals surface area contributed by atoms with Crippen molar-refractivity contribution in [1.82, 2.24) is 10.3 Å². The molecule has 0 fully saturated rings. The number of nitrogens with one attached hydrogen (secondary N) is 1. The van der Waals surface area contributed by atoms with E-state index in [-0.39, 0.29) is 30.7 Å². The van der Waals surface area contributed by atoms with Crippen molar-refractivity contribution in [3.8, 4) is 11.6 Å². The van der Waals surface area contributed by atoms with Crippen LogP contribution in [-0.2, 0) is 11.2 Å². The number of fused-ring (bicyclic) bond motifs is 2. The second-order valence-corrected chi connectivity index (χ2v) is 7.85. The van der Waals surface area contributed by atoms with Crippen LogP contribution in [0.2, 0.25) is 0 Å². The molecule has 2 amide bonds. The van der Waals surface area contributed by atoms with Gasteiger partial charge in [-0.25, -0.2) is 4.98 Å². The van der Waals surface area contributed by atoms with E-state index in [2.05, 4.69) is 16.4 Å². The summed E-state index contributed by atoms with van der Waals surface area (Å²) < 4.78 is 5.90. The largest absolute Gasteiger partial charge is 0.436 e. The van der Waals surface area contributed by atoms with Crippen molar-refractivity contribution in [3.05, 3.63) is 70.0 Å². The van der Waals surface area contributed by atoms with E-state index in [1.165, 1.54) is 4.88 Å². The summed E-state index contributed by atoms with van der Waals surface area (Å²) in [5.74, 6) is 0.536. The maximum absolute atomic E-state index is 13.2. The molecule has 2 aromatic heterocycles. The molecule has 1 aliphatic rings. The molecule has 6 nitrogen and oxygen atoms in total. The highest BCUT2D eigenvalue weighted by Gasteiger charge is 2.29. The Bertz CT molecular complexity index is 1030. The number of nitrogens with zero attached hydrogens (tertiary/aromatic N) is 2. The Morgan fingerprint density at radius 3 is 2.97 bits per heavy atom. The molecule has 3 heterocycles. The van der Waals surface area contributed by atoms with E-state index in [0.29, 0.717) is 23.5 Å². The van der Waals surface area contributed by atoms with Crippen molar-refractivity contribution in [2.24, 2.45) is 0 Å². The van der Waals surface area contributed by atoms with Gasteiger partial charge in [-0.05, 0) is 54.6 Å². The molecule has 29 heavy (non-hydrogen) atoms. The van der Waals surface area contributed by atoms with Crippen LogP contribution >= 0.6 is 11.3 Å². The number of aromatic nitrogens is 1. The molecule has 148 valence electrons. The zero-order chi connectivity index (χ0) is 20.2. The maximum atomic E-state index is 13.2. The number of carbonyl (C=O) groups excluding carboxylic acids is 2. The number of amides is 2. The first-order valence-electron chi connectivity index (χ1n) is 9.46. The number of aryl methyl sites for hydroxylation is 1. The van der Waals surface area contributed by atoms with Crippen molar-refractivity contribution in [3.63, 3.8) is 0 Å². The SMILES string of the molecule is Cc1ccc2c(c1)N(CCC(=O)NCCc1cccs1)C(=O)c1cccnc1O2. The lowest BCUT2D eigenvalue weighted by Gasteiger charge is -2.22. The molecular weight excluding hydrogens is 386 g/mol. The molecule has 0 saturated heterocycles. The third-order valence-corrected chi connectivity index (χ3v) is 5.63. The van der Waals surface area contributed by atoms with Crippen molar-refractivity contribution in [2.45, 2.75) is 19.8 Å². The van der Waals surface area contributed by atoms with Crippen LogP contribution in [0.4, 0.5) is 5.69 Å². The summed E-state index contributed by atoms with van der Waals surface area (Å²) in [6, 6.07) is 13.1. The molecule has 4 rings (SSSR count). The number of hydrogen-bond acceptors (Lipinski definition) is 5. The van der Waals surface area contributed by atoms with Gasteiger partial charge in [0.05, 0.1) is 5.69 Å². The number of benzene rings is 1. The highest BCUT2D eigenvalue weighted by atomic mass is 32.1. The fourth-order valence-corrected chi connectivity index (χ4v) is 3.93. The molecule has 0 aliphatic carbocycles. The van der Waals surface area contributed by atoms with E-state index in [9.17, 15) is 9.59 Å². The molecule has 0 unspecified atom stereocenters. The molecule has 0 saturated carbocycles. The normalized spacial score (nSPS) is 12.6. The van der Waals surface area contributed by atoms with Crippen molar-refractivity contribution >= 4 is 28.8 Å². The second-order valence-electron chi connectivity index (χ2n) is 6.82. The molecule has 0 radical (unpaired) electrons. The van der Waals surface area contributed by atoms with Crippen LogP contribution in [0.15, 0.2) is 54.0 Å². The molecule has 1 aliphatic heterocycles. The van der Waals surface area contributed by atoms with Crippen LogP contribution < -0.4 is 15.0 Å². The van der Waals surface area contributed by atoms with Gasteiger partial charge in [0.15, 0.2) is 5.75 Å². The highest BCUT2D eigenvalue weighted by molar-refractivity contribution is 7.09. The average Bonchev–Trinajstić information content (AvgIpc) is 3.20. The zero-order valence-electron chi connectivity index (χ0n) is 16.1. The first kappa shape index (κ1) is 19.1. The van der Waals surface area contributed by atoms with Crippen LogP contribution in [-0.4, -0.2) is 29.9 Å². The number of anilines is 1. The number of carbonyl (C=O) groups is 2. The van der Waals surface area contributed by atoms with Gasteiger partial charge in [-0.3, -0.25) is 9.59 Å². The second kappa shape index (κ2) is 8.45. The van der Waals surface area contributed by atoms with Gasteiger partial charge in [0, 0.05) is 30.6 Å². The molecule has 7 heteroatoms. The summed E-state index contributed by atoms with van der Waals surface area (Å²) in [5, 5.41) is 4.96. The van der Waals surface area contributed by atoms with Gasteiger partial charge < -0.3 is 15.0 Å². The highest BCUT2D eigenvalue weighted by Crippen LogP contribution is 2.38. The molecule has 0 spiro atoms. The van der Waals surface area contributed by atoms with E-state index < -0.39 is 0 Å². The van der Waals surface area contributed by atoms with Crippen LogP contribution in [0, 0.1) is 6.92 Å². The summed E-state index contributed by atoms with van der Waals surface area (Å²) >= 11 is 1.68. The number of rotatable bonds is 6. The minimum Gasteiger partial charge on any atom is -0.436 e. The van der Waals surface area contributed by atoms with Gasteiger partial charge in [0.25, 0.3) is 5.91 Å². The minimum atomic E-state index is -0.219. The van der Waals surface area contributed by atoms with Gasteiger partial charge in [-0.2, -0.15) is 0 Å². The molecule has 1 aromatic carbocycles. The van der Waals surface area contributed by atoms with Crippen LogP contribution in [0.25, 0.3) is 0 Å². The van der Waals surface area contributed by atoms with Crippen LogP contribution in [0.5, 0.6) is 11.6 Å². The smallest absolute Gasteiger partial charge is 0.263 e. The first-order chi connectivity index (χ1) is 14.1. The number of pyridine rings is 1. The lowest BCUT2D eigenvalue weighted by Crippen LogP contribution is -2.35. The minimum absolute atomic E-state index is 0.0832. The van der Waals surface area contributed by atoms with Gasteiger partial charge >= 0.3 is 0 Å². The van der Waals surface area contributed by atoms with Crippen molar-refractivity contribution in [2.75, 3.05) is 18.0 Å². The van der Waals surface area contributed by atoms with E-state index in [4.69, 9.17) is 4.74 Å². The fraction of sp³-hybridized carbons (Fsp3) is 0.227. The Morgan fingerprint density at radius 2 is 2.14 bits per heavy atom. The van der Waals surface area contributed by atoms with E-state index in [1.807, 2.05) is 36.6 Å². The van der Waals surface area contributed by atoms with Gasteiger partial charge in [0.2, 0.25) is 11.8 Å². The van der Waals surface area contributed by atoms with Crippen LogP contribution in [0.1, 0.15) is 27.2 Å². The van der Waals surface area contributed by atoms with E-state index >= 15 is 0 Å². The van der Waals surface area contributed by atoms with E-state index in [1.54, 1.807) is 34.6 Å². The van der Waals surface area contributed by atoms with E-state index in [0.717, 1.165) is 12.0 Å². The Labute approximate surface area is 173 Å². The third kappa shape index (κ3) is 4.30. The number of ether oxygens (including phenoxy) is 1. The lowest BCUT2D eigenvalue weighted by atomic mass is 10.1. The standard InChI is InChI=1S/C22H21N3O3S/c1-15-6-7-19-18(14-15)25(22(27)17-5-2-10-24-21(17)28-19)12-9-20(26)23-11-8-16-4-3-13-29-16/h2-7,10,13-14H,8-9,11-12H2,1H3,(H,23,26). The molecular formula is C22H21N3O3S. The molecule has 0 atom stereocenters. The molecule has 1 N–H and O–H groups in total. The summed E-state index contributed by atoms with van der Waals surface area (Å²) in [5.41, 5.74) is 2.04. The Balaban J connectivity index is 1.48. The van der Waals surface area contributed by atoms with Crippen molar-refractivity contribution < 1.29 is 14.3 Å². The monoisotopic (exact) mass is 407 g/mol. The summed E-state index contributed by atoms with van der Waals surface area (Å²) in [7, 11) is 0. The Kier molecular flexibility index (Phi) is 5.57. The molecule has 0 bridgehead atoms. The maximum Gasteiger partial charge on any atom is 0.263 e. The average molecular weight is 407 g/mol. The van der Waals surface area contributed by atoms with Crippen molar-refractivity contribution in [1.29, 1.82) is 0 Å². The predicted molar refractivity (Wildman–Crippen MR) is 113 cm³/mol. The van der Waals surface area contributed by atoms with Gasteiger partial charge in [-0.15, -0.1) is 11.3 Å². The zero-order valence-corrected chi connectivity index (χ0v) is 16.9. The lowest BCUT2D eigenvalue weighted by molar-refractivity contribution is -0.120. The fourth-order valence-electron chi connectivity index (χ4n) is 3.22. The predicted octanol–water partition coefficient (Wildman–Crippen LogP) is 3.95. The third-order valence-electron chi connectivity index (χ3n) is 4.69. The number of hydrogen-bond donors (Lipinski definition) is 1. The topological polar surface area (TPSA) is 71.5 Å². The summed E-state index contributed by atoms with van der Waals surface area (Å²) in [6.07, 6.45) is 2.61. The first-order valence-corrected chi connectivity index (χ1v) is 10.3. The Morgan fingerprint density at radius 1 is 1.24 bits per heavy atom. The molecule has 3 aromatic rings. The quantitative estimate of drug-likeness (QED) is 0.672. The summed E-state index contributed by atoms with van der Waals surface area (Å²) in [4.78, 5) is 32.5. The van der Waals surface area contributed by atoms with Crippen LogP contribution in [0.3, 0.4) is 0 Å². The number of thiophene rings is 1. The van der Waals surface area contributed by atoms with Gasteiger partial charge in [0.1, 0.15) is 5.56 Å². The Hall–Kier alpha value is -3.19. The summed E-state index contributed by atoms with van der Waals surface area (Å²) in [6.45, 7) is 2.80. The van der Waals surface area contributed by atoms with Gasteiger partial charge in [-0.1, -0.05) is 12.1 Å².